The van der Waals surface area contributed by atoms with E-state index in [0.29, 0.717) is 5.92 Å². The lowest BCUT2D eigenvalue weighted by atomic mass is 9.96. The van der Waals surface area contributed by atoms with E-state index in [1.807, 2.05) is 7.05 Å². The van der Waals surface area contributed by atoms with Crippen LogP contribution in [-0.4, -0.2) is 30.1 Å². The average molecular weight is 226 g/mol. The maximum Gasteiger partial charge on any atom is 0.161 e. The molecule has 2 heterocycles. The van der Waals surface area contributed by atoms with Crippen LogP contribution in [0.1, 0.15) is 18.2 Å². The van der Waals surface area contributed by atoms with Crippen LogP contribution in [-0.2, 0) is 11.8 Å². The van der Waals surface area contributed by atoms with Crippen molar-refractivity contribution in [1.82, 2.24) is 15.2 Å². The van der Waals surface area contributed by atoms with Crippen LogP contribution in [0.5, 0.6) is 5.75 Å². The first kappa shape index (κ1) is 11.4. The predicted octanol–water partition coefficient (Wildman–Crippen LogP) is -0.0304. The SMILES string of the molecule is COc1cnn(C)c1C(NN)C1CCOC1. The number of ether oxygens (including phenoxy) is 2. The highest BCUT2D eigenvalue weighted by molar-refractivity contribution is 5.28. The van der Waals surface area contributed by atoms with Crippen LogP contribution < -0.4 is 16.0 Å². The first-order chi connectivity index (χ1) is 7.77. The molecule has 1 saturated heterocycles. The van der Waals surface area contributed by atoms with Gasteiger partial charge in [0, 0.05) is 19.6 Å². The highest BCUT2D eigenvalue weighted by Gasteiger charge is 2.30. The third-order valence-electron chi connectivity index (χ3n) is 3.08. The molecule has 0 amide bonds. The quantitative estimate of drug-likeness (QED) is 0.557. The molecule has 0 spiro atoms. The fourth-order valence-electron chi connectivity index (χ4n) is 2.19. The Labute approximate surface area is 94.7 Å². The topological polar surface area (TPSA) is 74.3 Å². The highest BCUT2D eigenvalue weighted by atomic mass is 16.5. The summed E-state index contributed by atoms with van der Waals surface area (Å²) < 4.78 is 12.5. The zero-order valence-corrected chi connectivity index (χ0v) is 9.64. The number of hydrogen-bond acceptors (Lipinski definition) is 5. The lowest BCUT2D eigenvalue weighted by Gasteiger charge is -2.22. The molecule has 90 valence electrons. The summed E-state index contributed by atoms with van der Waals surface area (Å²) in [7, 11) is 3.53. The Kier molecular flexibility index (Phi) is 3.42. The number of rotatable bonds is 4. The van der Waals surface area contributed by atoms with Crippen LogP contribution in [0.3, 0.4) is 0 Å². The molecular formula is C10H18N4O2. The minimum absolute atomic E-state index is 0.0185. The summed E-state index contributed by atoms with van der Waals surface area (Å²) in [5, 5.41) is 4.18. The van der Waals surface area contributed by atoms with Crippen LogP contribution in [0, 0.1) is 5.92 Å². The molecule has 0 aromatic carbocycles. The van der Waals surface area contributed by atoms with Crippen LogP contribution in [0.2, 0.25) is 0 Å². The van der Waals surface area contributed by atoms with Crippen molar-refractivity contribution in [3.05, 3.63) is 11.9 Å². The molecule has 6 nitrogen and oxygen atoms in total. The van der Waals surface area contributed by atoms with Gasteiger partial charge in [-0.05, 0) is 6.42 Å². The van der Waals surface area contributed by atoms with Gasteiger partial charge in [0.25, 0.3) is 0 Å². The van der Waals surface area contributed by atoms with Crippen molar-refractivity contribution in [3.63, 3.8) is 0 Å². The maximum absolute atomic E-state index is 5.63. The molecule has 16 heavy (non-hydrogen) atoms. The number of aryl methyl sites for hydroxylation is 1. The Hall–Kier alpha value is -1.11. The number of nitrogens with two attached hydrogens (primary N) is 1. The Morgan fingerprint density at radius 1 is 1.75 bits per heavy atom. The van der Waals surface area contributed by atoms with Crippen LogP contribution in [0.15, 0.2) is 6.20 Å². The number of methoxy groups -OCH3 is 1. The molecule has 1 aromatic rings. The van der Waals surface area contributed by atoms with Crippen molar-refractivity contribution in [2.24, 2.45) is 18.8 Å². The summed E-state index contributed by atoms with van der Waals surface area (Å²) in [6.07, 6.45) is 2.71. The normalized spacial score (nSPS) is 22.3. The lowest BCUT2D eigenvalue weighted by molar-refractivity contribution is 0.175. The third kappa shape index (κ3) is 1.91. The maximum atomic E-state index is 5.63. The molecule has 0 saturated carbocycles. The van der Waals surface area contributed by atoms with Crippen LogP contribution in [0.4, 0.5) is 0 Å². The van der Waals surface area contributed by atoms with E-state index in [4.69, 9.17) is 15.3 Å². The van der Waals surface area contributed by atoms with Gasteiger partial charge >= 0.3 is 0 Å². The molecule has 2 rings (SSSR count). The van der Waals surface area contributed by atoms with E-state index >= 15 is 0 Å². The van der Waals surface area contributed by atoms with Crippen LogP contribution in [0.25, 0.3) is 0 Å². The van der Waals surface area contributed by atoms with Gasteiger partial charge in [0.15, 0.2) is 5.75 Å². The van der Waals surface area contributed by atoms with Crippen molar-refractivity contribution in [1.29, 1.82) is 0 Å². The summed E-state index contributed by atoms with van der Waals surface area (Å²) >= 11 is 0. The second-order valence-corrected chi connectivity index (χ2v) is 3.99. The molecule has 0 bridgehead atoms. The van der Waals surface area contributed by atoms with Crippen LogP contribution >= 0.6 is 0 Å². The van der Waals surface area contributed by atoms with E-state index in [9.17, 15) is 0 Å². The Balaban J connectivity index is 2.27. The van der Waals surface area contributed by atoms with E-state index < -0.39 is 0 Å². The van der Waals surface area contributed by atoms with E-state index in [0.717, 1.165) is 31.1 Å². The molecule has 0 radical (unpaired) electrons. The summed E-state index contributed by atoms with van der Waals surface area (Å²) in [6, 6.07) is 0.0185. The van der Waals surface area contributed by atoms with Gasteiger partial charge in [-0.2, -0.15) is 5.10 Å². The molecule has 1 aliphatic rings. The lowest BCUT2D eigenvalue weighted by Crippen LogP contribution is -2.35. The van der Waals surface area contributed by atoms with Crippen molar-refractivity contribution in [3.8, 4) is 5.75 Å². The molecule has 2 atom stereocenters. The predicted molar refractivity (Wildman–Crippen MR) is 58.8 cm³/mol. The minimum Gasteiger partial charge on any atom is -0.493 e. The van der Waals surface area contributed by atoms with Gasteiger partial charge in [0.1, 0.15) is 0 Å². The average Bonchev–Trinajstić information content (AvgIpc) is 2.91. The van der Waals surface area contributed by atoms with E-state index in [2.05, 4.69) is 10.5 Å². The fourth-order valence-corrected chi connectivity index (χ4v) is 2.19. The van der Waals surface area contributed by atoms with E-state index in [-0.39, 0.29) is 6.04 Å². The number of hydrogen-bond donors (Lipinski definition) is 2. The van der Waals surface area contributed by atoms with Gasteiger partial charge in [-0.1, -0.05) is 0 Å². The van der Waals surface area contributed by atoms with Gasteiger partial charge in [-0.25, -0.2) is 0 Å². The van der Waals surface area contributed by atoms with Gasteiger partial charge in [-0.15, -0.1) is 0 Å². The standard InChI is InChI=1S/C10H18N4O2/c1-14-10(8(15-2)5-12-14)9(13-11)7-3-4-16-6-7/h5,7,9,13H,3-4,6,11H2,1-2H3. The third-order valence-corrected chi connectivity index (χ3v) is 3.08. The molecular weight excluding hydrogens is 208 g/mol. The summed E-state index contributed by atoms with van der Waals surface area (Å²) in [4.78, 5) is 0. The smallest absolute Gasteiger partial charge is 0.161 e. The van der Waals surface area contributed by atoms with Gasteiger partial charge in [-0.3, -0.25) is 16.0 Å². The van der Waals surface area contributed by atoms with Crippen molar-refractivity contribution in [2.75, 3.05) is 20.3 Å². The zero-order valence-electron chi connectivity index (χ0n) is 9.64. The first-order valence-corrected chi connectivity index (χ1v) is 5.37. The highest BCUT2D eigenvalue weighted by Crippen LogP contribution is 2.32. The van der Waals surface area contributed by atoms with Gasteiger partial charge < -0.3 is 9.47 Å². The Morgan fingerprint density at radius 3 is 3.12 bits per heavy atom. The first-order valence-electron chi connectivity index (χ1n) is 5.37. The molecule has 2 unspecified atom stereocenters. The molecule has 0 aliphatic carbocycles. The molecule has 1 aromatic heterocycles. The second-order valence-electron chi connectivity index (χ2n) is 3.99. The molecule has 6 heteroatoms. The van der Waals surface area contributed by atoms with E-state index in [1.165, 1.54) is 0 Å². The zero-order chi connectivity index (χ0) is 11.5. The summed E-state index contributed by atoms with van der Waals surface area (Å²) in [5.41, 5.74) is 3.81. The minimum atomic E-state index is 0.0185. The molecule has 3 N–H and O–H groups in total. The van der Waals surface area contributed by atoms with Crippen molar-refractivity contribution in [2.45, 2.75) is 12.5 Å². The second kappa shape index (κ2) is 4.82. The monoisotopic (exact) mass is 226 g/mol. The number of nitrogens with one attached hydrogen (secondary N) is 1. The molecule has 1 fully saturated rings. The number of nitrogens with zero attached hydrogens (tertiary/aromatic N) is 2. The largest absolute Gasteiger partial charge is 0.493 e. The van der Waals surface area contributed by atoms with Gasteiger partial charge in [0.2, 0.25) is 0 Å². The summed E-state index contributed by atoms with van der Waals surface area (Å²) in [5.74, 6) is 6.77. The summed E-state index contributed by atoms with van der Waals surface area (Å²) in [6.45, 7) is 1.52. The Bertz CT molecular complexity index is 347. The van der Waals surface area contributed by atoms with Gasteiger partial charge in [0.05, 0.1) is 31.6 Å². The van der Waals surface area contributed by atoms with Crippen molar-refractivity contribution < 1.29 is 9.47 Å². The Morgan fingerprint density at radius 2 is 2.56 bits per heavy atom. The number of aromatic nitrogens is 2. The fraction of sp³-hybridized carbons (Fsp3) is 0.700. The number of hydrazine groups is 1. The van der Waals surface area contributed by atoms with E-state index in [1.54, 1.807) is 18.0 Å². The van der Waals surface area contributed by atoms with Crippen molar-refractivity contribution >= 4 is 0 Å². The molecule has 1 aliphatic heterocycles.